The SMILES string of the molecule is CN(C)c1ccc(NC(=O)c2ccnc(N)c2F)cc1. The first kappa shape index (κ1) is 13.8. The highest BCUT2D eigenvalue weighted by molar-refractivity contribution is 6.04. The van der Waals surface area contributed by atoms with Gasteiger partial charge in [0.2, 0.25) is 0 Å². The van der Waals surface area contributed by atoms with Crippen molar-refractivity contribution < 1.29 is 9.18 Å². The summed E-state index contributed by atoms with van der Waals surface area (Å²) in [6, 6.07) is 8.49. The van der Waals surface area contributed by atoms with E-state index in [0.717, 1.165) is 5.69 Å². The molecule has 1 aromatic carbocycles. The fraction of sp³-hybridized carbons (Fsp3) is 0.143. The third-order valence-electron chi connectivity index (χ3n) is 2.80. The van der Waals surface area contributed by atoms with Gasteiger partial charge in [0.1, 0.15) is 0 Å². The van der Waals surface area contributed by atoms with E-state index < -0.39 is 11.7 Å². The molecule has 0 spiro atoms. The highest BCUT2D eigenvalue weighted by Crippen LogP contribution is 2.18. The van der Waals surface area contributed by atoms with Gasteiger partial charge < -0.3 is 16.0 Å². The van der Waals surface area contributed by atoms with E-state index in [1.54, 1.807) is 12.1 Å². The molecule has 0 atom stereocenters. The zero-order valence-corrected chi connectivity index (χ0v) is 11.2. The van der Waals surface area contributed by atoms with E-state index in [-0.39, 0.29) is 11.4 Å². The second kappa shape index (κ2) is 5.56. The summed E-state index contributed by atoms with van der Waals surface area (Å²) in [6.07, 6.45) is 1.29. The molecule has 0 bridgehead atoms. The van der Waals surface area contributed by atoms with Crippen molar-refractivity contribution in [2.24, 2.45) is 0 Å². The molecule has 0 aliphatic carbocycles. The van der Waals surface area contributed by atoms with Crippen LogP contribution < -0.4 is 16.0 Å². The van der Waals surface area contributed by atoms with Crippen molar-refractivity contribution in [3.8, 4) is 0 Å². The van der Waals surface area contributed by atoms with Gasteiger partial charge in [-0.1, -0.05) is 0 Å². The fourth-order valence-corrected chi connectivity index (χ4v) is 1.68. The highest BCUT2D eigenvalue weighted by atomic mass is 19.1. The number of nitrogens with two attached hydrogens (primary N) is 1. The van der Waals surface area contributed by atoms with Gasteiger partial charge in [0.15, 0.2) is 11.6 Å². The predicted octanol–water partition coefficient (Wildman–Crippen LogP) is 2.12. The van der Waals surface area contributed by atoms with Crippen molar-refractivity contribution >= 4 is 23.1 Å². The van der Waals surface area contributed by atoms with Crippen LogP contribution in [0.5, 0.6) is 0 Å². The van der Waals surface area contributed by atoms with E-state index in [9.17, 15) is 9.18 Å². The lowest BCUT2D eigenvalue weighted by atomic mass is 10.2. The number of rotatable bonds is 3. The van der Waals surface area contributed by atoms with Crippen LogP contribution in [0.3, 0.4) is 0 Å². The van der Waals surface area contributed by atoms with Gasteiger partial charge in [0.25, 0.3) is 5.91 Å². The maximum absolute atomic E-state index is 13.7. The number of hydrogen-bond donors (Lipinski definition) is 2. The molecule has 3 N–H and O–H groups in total. The lowest BCUT2D eigenvalue weighted by Crippen LogP contribution is -2.15. The number of carbonyl (C=O) groups excluding carboxylic acids is 1. The fourth-order valence-electron chi connectivity index (χ4n) is 1.68. The average Bonchev–Trinajstić information content (AvgIpc) is 2.42. The minimum atomic E-state index is -0.810. The second-order valence-electron chi connectivity index (χ2n) is 4.45. The number of pyridine rings is 1. The van der Waals surface area contributed by atoms with Crippen LogP contribution in [-0.4, -0.2) is 25.0 Å². The lowest BCUT2D eigenvalue weighted by molar-refractivity contribution is 0.102. The standard InChI is InChI=1S/C14H15FN4O/c1-19(2)10-5-3-9(4-6-10)18-14(20)11-7-8-17-13(16)12(11)15/h3-8H,1-2H3,(H2,16,17)(H,18,20). The summed E-state index contributed by atoms with van der Waals surface area (Å²) in [5.41, 5.74) is 6.78. The van der Waals surface area contributed by atoms with Gasteiger partial charge in [0.05, 0.1) is 5.56 Å². The Labute approximate surface area is 116 Å². The van der Waals surface area contributed by atoms with E-state index in [0.29, 0.717) is 5.69 Å². The summed E-state index contributed by atoms with van der Waals surface area (Å²) in [5, 5.41) is 2.61. The first-order valence-electron chi connectivity index (χ1n) is 5.97. The molecule has 0 saturated heterocycles. The molecular formula is C14H15FN4O. The summed E-state index contributed by atoms with van der Waals surface area (Å²) >= 11 is 0. The Balaban J connectivity index is 2.17. The molecular weight excluding hydrogens is 259 g/mol. The summed E-state index contributed by atoms with van der Waals surface area (Å²) in [4.78, 5) is 17.5. The summed E-state index contributed by atoms with van der Waals surface area (Å²) in [7, 11) is 3.84. The Morgan fingerprint density at radius 1 is 1.25 bits per heavy atom. The highest BCUT2D eigenvalue weighted by Gasteiger charge is 2.14. The molecule has 6 heteroatoms. The molecule has 20 heavy (non-hydrogen) atoms. The Morgan fingerprint density at radius 2 is 1.90 bits per heavy atom. The number of anilines is 3. The number of nitrogens with one attached hydrogen (secondary N) is 1. The number of benzene rings is 1. The minimum absolute atomic E-state index is 0.130. The molecule has 0 unspecified atom stereocenters. The molecule has 1 heterocycles. The average molecular weight is 274 g/mol. The van der Waals surface area contributed by atoms with Crippen LogP contribution in [0, 0.1) is 5.82 Å². The number of hydrogen-bond acceptors (Lipinski definition) is 4. The van der Waals surface area contributed by atoms with E-state index in [1.807, 2.05) is 31.1 Å². The van der Waals surface area contributed by atoms with Crippen LogP contribution in [-0.2, 0) is 0 Å². The van der Waals surface area contributed by atoms with E-state index >= 15 is 0 Å². The third kappa shape index (κ3) is 2.85. The number of amides is 1. The summed E-state index contributed by atoms with van der Waals surface area (Å²) in [6.45, 7) is 0. The van der Waals surface area contributed by atoms with Crippen molar-refractivity contribution in [3.05, 3.63) is 47.9 Å². The molecule has 0 fully saturated rings. The first-order valence-corrected chi connectivity index (χ1v) is 5.97. The normalized spacial score (nSPS) is 10.2. The number of carbonyl (C=O) groups is 1. The number of aromatic nitrogens is 1. The van der Waals surface area contributed by atoms with Gasteiger partial charge in [-0.25, -0.2) is 9.37 Å². The molecule has 1 aromatic heterocycles. The lowest BCUT2D eigenvalue weighted by Gasteiger charge is -2.13. The van der Waals surface area contributed by atoms with Gasteiger partial charge in [-0.05, 0) is 30.3 Å². The molecule has 0 aliphatic heterocycles. The van der Waals surface area contributed by atoms with E-state index in [4.69, 9.17) is 5.73 Å². The molecule has 0 aliphatic rings. The summed E-state index contributed by atoms with van der Waals surface area (Å²) in [5.74, 6) is -1.66. The Kier molecular flexibility index (Phi) is 3.84. The van der Waals surface area contributed by atoms with Crippen LogP contribution in [0.1, 0.15) is 10.4 Å². The minimum Gasteiger partial charge on any atom is -0.381 e. The van der Waals surface area contributed by atoms with Crippen LogP contribution in [0.4, 0.5) is 21.6 Å². The number of nitrogen functional groups attached to an aromatic ring is 1. The number of halogens is 1. The maximum Gasteiger partial charge on any atom is 0.258 e. The molecule has 104 valence electrons. The smallest absolute Gasteiger partial charge is 0.258 e. The third-order valence-corrected chi connectivity index (χ3v) is 2.80. The Bertz CT molecular complexity index is 626. The monoisotopic (exact) mass is 274 g/mol. The predicted molar refractivity (Wildman–Crippen MR) is 77.3 cm³/mol. The topological polar surface area (TPSA) is 71.2 Å². The van der Waals surface area contributed by atoms with Gasteiger partial charge in [-0.3, -0.25) is 4.79 Å². The van der Waals surface area contributed by atoms with Gasteiger partial charge >= 0.3 is 0 Å². The van der Waals surface area contributed by atoms with E-state index in [1.165, 1.54) is 12.3 Å². The quantitative estimate of drug-likeness (QED) is 0.899. The van der Waals surface area contributed by atoms with Crippen molar-refractivity contribution in [2.75, 3.05) is 30.0 Å². The Morgan fingerprint density at radius 3 is 2.50 bits per heavy atom. The van der Waals surface area contributed by atoms with Crippen LogP contribution in [0.2, 0.25) is 0 Å². The van der Waals surface area contributed by atoms with Gasteiger partial charge in [-0.15, -0.1) is 0 Å². The Hall–Kier alpha value is -2.63. The van der Waals surface area contributed by atoms with Crippen LogP contribution >= 0.6 is 0 Å². The molecule has 1 amide bonds. The molecule has 0 radical (unpaired) electrons. The van der Waals surface area contributed by atoms with E-state index in [2.05, 4.69) is 10.3 Å². The maximum atomic E-state index is 13.7. The second-order valence-corrected chi connectivity index (χ2v) is 4.45. The number of nitrogens with zero attached hydrogens (tertiary/aromatic N) is 2. The van der Waals surface area contributed by atoms with Gasteiger partial charge in [-0.2, -0.15) is 0 Å². The molecule has 2 rings (SSSR count). The van der Waals surface area contributed by atoms with Crippen LogP contribution in [0.25, 0.3) is 0 Å². The van der Waals surface area contributed by atoms with Crippen molar-refractivity contribution in [3.63, 3.8) is 0 Å². The first-order chi connectivity index (χ1) is 9.49. The van der Waals surface area contributed by atoms with Crippen molar-refractivity contribution in [2.45, 2.75) is 0 Å². The molecule has 2 aromatic rings. The van der Waals surface area contributed by atoms with Crippen molar-refractivity contribution in [1.82, 2.24) is 4.98 Å². The molecule has 0 saturated carbocycles. The van der Waals surface area contributed by atoms with Gasteiger partial charge in [0, 0.05) is 31.7 Å². The summed E-state index contributed by atoms with van der Waals surface area (Å²) < 4.78 is 13.7. The largest absolute Gasteiger partial charge is 0.381 e. The van der Waals surface area contributed by atoms with Crippen molar-refractivity contribution in [1.29, 1.82) is 0 Å². The molecule has 5 nitrogen and oxygen atoms in total. The zero-order valence-electron chi connectivity index (χ0n) is 11.2. The van der Waals surface area contributed by atoms with Crippen LogP contribution in [0.15, 0.2) is 36.5 Å². The zero-order chi connectivity index (χ0) is 14.7.